The highest BCUT2D eigenvalue weighted by atomic mass is 16.5. The summed E-state index contributed by atoms with van der Waals surface area (Å²) in [6.07, 6.45) is 3.84. The summed E-state index contributed by atoms with van der Waals surface area (Å²) in [7, 11) is 0. The molecular weight excluding hydrogens is 220 g/mol. The second-order valence-electron chi connectivity index (χ2n) is 4.85. The van der Waals surface area contributed by atoms with Gasteiger partial charge in [0.25, 0.3) is 0 Å². The van der Waals surface area contributed by atoms with Crippen molar-refractivity contribution in [1.82, 2.24) is 9.97 Å². The van der Waals surface area contributed by atoms with E-state index in [0.29, 0.717) is 6.61 Å². The number of rotatable bonds is 4. The molecule has 0 saturated carbocycles. The Labute approximate surface area is 101 Å². The second-order valence-corrected chi connectivity index (χ2v) is 4.85. The van der Waals surface area contributed by atoms with Crippen LogP contribution >= 0.6 is 0 Å². The molecule has 0 amide bonds. The molecule has 1 heterocycles. The van der Waals surface area contributed by atoms with Gasteiger partial charge < -0.3 is 15.7 Å². The average molecular weight is 238 g/mol. The Kier molecular flexibility index (Phi) is 4.25. The maximum Gasteiger partial charge on any atom is 0.243 e. The van der Waals surface area contributed by atoms with Gasteiger partial charge in [-0.1, -0.05) is 25.9 Å². The molecule has 6 nitrogen and oxygen atoms in total. The number of aromatic nitrogens is 2. The third kappa shape index (κ3) is 4.26. The molecule has 0 fully saturated rings. The van der Waals surface area contributed by atoms with Crippen LogP contribution in [0.5, 0.6) is 5.88 Å². The van der Waals surface area contributed by atoms with E-state index < -0.39 is 0 Å². The van der Waals surface area contributed by atoms with Gasteiger partial charge in [-0.3, -0.25) is 0 Å². The van der Waals surface area contributed by atoms with Gasteiger partial charge in [0.05, 0.1) is 6.61 Å². The Bertz CT molecular complexity index is 399. The zero-order chi connectivity index (χ0) is 12.9. The normalized spacial score (nSPS) is 12.5. The van der Waals surface area contributed by atoms with Crippen molar-refractivity contribution in [3.05, 3.63) is 18.1 Å². The lowest BCUT2D eigenvalue weighted by Crippen LogP contribution is -2.19. The number of nitrogens with zero attached hydrogens (tertiary/aromatic N) is 3. The standard InChI is InChI=1S/C11H18N4O2/c1-11(2,3)4-7-17-10-8(9(12)15-16)13-5-6-14-10/h5-6,16H,4,7H2,1-3H3,(H2,12,15). The summed E-state index contributed by atoms with van der Waals surface area (Å²) >= 11 is 0. The van der Waals surface area contributed by atoms with Gasteiger partial charge in [0.1, 0.15) is 0 Å². The van der Waals surface area contributed by atoms with Crippen molar-refractivity contribution < 1.29 is 9.94 Å². The third-order valence-corrected chi connectivity index (χ3v) is 2.11. The van der Waals surface area contributed by atoms with Crippen molar-refractivity contribution in [3.8, 4) is 5.88 Å². The third-order valence-electron chi connectivity index (χ3n) is 2.11. The summed E-state index contributed by atoms with van der Waals surface area (Å²) < 4.78 is 5.49. The highest BCUT2D eigenvalue weighted by Gasteiger charge is 2.14. The van der Waals surface area contributed by atoms with Gasteiger partial charge in [0.15, 0.2) is 11.5 Å². The van der Waals surface area contributed by atoms with E-state index in [1.54, 1.807) is 0 Å². The van der Waals surface area contributed by atoms with E-state index in [1.165, 1.54) is 12.4 Å². The van der Waals surface area contributed by atoms with Crippen molar-refractivity contribution in [3.63, 3.8) is 0 Å². The lowest BCUT2D eigenvalue weighted by atomic mass is 9.93. The van der Waals surface area contributed by atoms with Crippen LogP contribution in [0.25, 0.3) is 0 Å². The number of ether oxygens (including phenoxy) is 1. The van der Waals surface area contributed by atoms with Gasteiger partial charge in [0.2, 0.25) is 5.88 Å². The fourth-order valence-electron chi connectivity index (χ4n) is 1.11. The molecule has 0 unspecified atom stereocenters. The molecule has 0 radical (unpaired) electrons. The summed E-state index contributed by atoms with van der Waals surface area (Å²) in [5.74, 6) is 0.177. The topological polar surface area (TPSA) is 93.6 Å². The Morgan fingerprint density at radius 1 is 1.41 bits per heavy atom. The molecule has 0 bridgehead atoms. The quantitative estimate of drug-likeness (QED) is 0.358. The molecule has 0 aliphatic rings. The van der Waals surface area contributed by atoms with Crippen molar-refractivity contribution in [1.29, 1.82) is 0 Å². The van der Waals surface area contributed by atoms with E-state index in [0.717, 1.165) is 6.42 Å². The minimum atomic E-state index is -0.108. The molecule has 1 rings (SSSR count). The fraction of sp³-hybridized carbons (Fsp3) is 0.545. The van der Waals surface area contributed by atoms with Crippen LogP contribution in [-0.4, -0.2) is 27.6 Å². The minimum absolute atomic E-state index is 0.108. The average Bonchev–Trinajstić information content (AvgIpc) is 2.27. The first-order valence-corrected chi connectivity index (χ1v) is 5.36. The van der Waals surface area contributed by atoms with E-state index in [1.807, 2.05) is 0 Å². The lowest BCUT2D eigenvalue weighted by Gasteiger charge is -2.18. The van der Waals surface area contributed by atoms with Gasteiger partial charge in [-0.15, -0.1) is 0 Å². The Morgan fingerprint density at radius 2 is 2.06 bits per heavy atom. The molecule has 1 aromatic heterocycles. The molecule has 6 heteroatoms. The maximum absolute atomic E-state index is 8.61. The molecule has 0 aliphatic heterocycles. The van der Waals surface area contributed by atoms with Crippen LogP contribution in [0.1, 0.15) is 32.9 Å². The van der Waals surface area contributed by atoms with Crippen molar-refractivity contribution in [2.75, 3.05) is 6.61 Å². The van der Waals surface area contributed by atoms with Gasteiger partial charge in [0, 0.05) is 12.4 Å². The summed E-state index contributed by atoms with van der Waals surface area (Å²) in [5, 5.41) is 11.5. The first kappa shape index (κ1) is 13.2. The predicted molar refractivity (Wildman–Crippen MR) is 64.1 cm³/mol. The van der Waals surface area contributed by atoms with E-state index >= 15 is 0 Å². The van der Waals surface area contributed by atoms with Gasteiger partial charge in [-0.25, -0.2) is 9.97 Å². The van der Waals surface area contributed by atoms with Crippen molar-refractivity contribution in [2.45, 2.75) is 27.2 Å². The van der Waals surface area contributed by atoms with Crippen molar-refractivity contribution >= 4 is 5.84 Å². The molecule has 17 heavy (non-hydrogen) atoms. The number of oxime groups is 1. The lowest BCUT2D eigenvalue weighted by molar-refractivity contribution is 0.235. The number of hydrogen-bond donors (Lipinski definition) is 2. The largest absolute Gasteiger partial charge is 0.476 e. The molecule has 0 saturated heterocycles. The first-order chi connectivity index (χ1) is 7.94. The molecule has 0 atom stereocenters. The van der Waals surface area contributed by atoms with Gasteiger partial charge >= 0.3 is 0 Å². The molecule has 0 aromatic carbocycles. The Morgan fingerprint density at radius 3 is 2.65 bits per heavy atom. The first-order valence-electron chi connectivity index (χ1n) is 5.36. The molecule has 0 aliphatic carbocycles. The molecule has 0 spiro atoms. The summed E-state index contributed by atoms with van der Waals surface area (Å²) in [4.78, 5) is 7.97. The van der Waals surface area contributed by atoms with E-state index in [-0.39, 0.29) is 22.8 Å². The molecular formula is C11H18N4O2. The monoisotopic (exact) mass is 238 g/mol. The van der Waals surface area contributed by atoms with Crippen molar-refractivity contribution in [2.24, 2.45) is 16.3 Å². The predicted octanol–water partition coefficient (Wildman–Crippen LogP) is 1.39. The van der Waals surface area contributed by atoms with E-state index in [4.69, 9.17) is 15.7 Å². The maximum atomic E-state index is 8.61. The SMILES string of the molecule is CC(C)(C)CCOc1nccnc1C(N)=NO. The highest BCUT2D eigenvalue weighted by Crippen LogP contribution is 2.19. The van der Waals surface area contributed by atoms with Crippen LogP contribution in [0.15, 0.2) is 17.5 Å². The van der Waals surface area contributed by atoms with Crippen LogP contribution in [0.2, 0.25) is 0 Å². The van der Waals surface area contributed by atoms with Crippen LogP contribution in [0.3, 0.4) is 0 Å². The van der Waals surface area contributed by atoms with Crippen LogP contribution < -0.4 is 10.5 Å². The Balaban J connectivity index is 2.71. The summed E-state index contributed by atoms with van der Waals surface area (Å²) in [6.45, 7) is 6.88. The molecule has 94 valence electrons. The fourth-order valence-corrected chi connectivity index (χ4v) is 1.11. The molecule has 3 N–H and O–H groups in total. The van der Waals surface area contributed by atoms with E-state index in [9.17, 15) is 0 Å². The summed E-state index contributed by atoms with van der Waals surface area (Å²) in [5.41, 5.74) is 5.90. The number of amidine groups is 1. The zero-order valence-electron chi connectivity index (χ0n) is 10.3. The van der Waals surface area contributed by atoms with Crippen LogP contribution in [-0.2, 0) is 0 Å². The number of hydrogen-bond acceptors (Lipinski definition) is 5. The number of nitrogens with two attached hydrogens (primary N) is 1. The highest BCUT2D eigenvalue weighted by molar-refractivity contribution is 5.97. The second kappa shape index (κ2) is 5.47. The minimum Gasteiger partial charge on any atom is -0.476 e. The molecule has 1 aromatic rings. The summed E-state index contributed by atoms with van der Waals surface area (Å²) in [6, 6.07) is 0. The van der Waals surface area contributed by atoms with Crippen LogP contribution in [0, 0.1) is 5.41 Å². The van der Waals surface area contributed by atoms with Gasteiger partial charge in [-0.2, -0.15) is 0 Å². The Hall–Kier alpha value is -1.85. The zero-order valence-corrected chi connectivity index (χ0v) is 10.3. The van der Waals surface area contributed by atoms with Crippen LogP contribution in [0.4, 0.5) is 0 Å². The van der Waals surface area contributed by atoms with Gasteiger partial charge in [-0.05, 0) is 11.8 Å². The smallest absolute Gasteiger partial charge is 0.243 e. The van der Waals surface area contributed by atoms with E-state index in [2.05, 4.69) is 35.9 Å².